The lowest BCUT2D eigenvalue weighted by Crippen LogP contribution is -1.99. The van der Waals surface area contributed by atoms with Gasteiger partial charge in [0.1, 0.15) is 0 Å². The molecule has 11 aromatic rings. The maximum absolute atomic E-state index is 8.02. The summed E-state index contributed by atoms with van der Waals surface area (Å²) in [5, 5.41) is 6.97. The van der Waals surface area contributed by atoms with E-state index in [1.807, 2.05) is 12.1 Å². The average molecular weight is 700 g/mol. The number of nitrogens with zero attached hydrogens (tertiary/aromatic N) is 5. The Morgan fingerprint density at radius 3 is 1.53 bits per heavy atom. The Labute approximate surface area is 316 Å². The number of hydrogen-bond acceptors (Lipinski definition) is 0. The molecule has 0 N–H and O–H groups in total. The number of fused-ring (bicyclic) bond motifs is 10. The van der Waals surface area contributed by atoms with Gasteiger partial charge in [0.2, 0.25) is 0 Å². The molecule has 254 valence electrons. The van der Waals surface area contributed by atoms with Gasteiger partial charge < -0.3 is 13.7 Å². The van der Waals surface area contributed by atoms with Crippen LogP contribution in [0.25, 0.3) is 103 Å². The predicted octanol–water partition coefficient (Wildman–Crippen LogP) is 13.7. The molecule has 5 nitrogen and oxygen atoms in total. The van der Waals surface area contributed by atoms with Crippen LogP contribution in [0.2, 0.25) is 0 Å². The molecule has 0 aliphatic carbocycles. The van der Waals surface area contributed by atoms with E-state index in [0.717, 1.165) is 72.1 Å². The van der Waals surface area contributed by atoms with Crippen LogP contribution < -0.4 is 0 Å². The van der Waals surface area contributed by atoms with Gasteiger partial charge in [-0.25, -0.2) is 0 Å². The highest BCUT2D eigenvalue weighted by atomic mass is 15.0. The predicted molar refractivity (Wildman–Crippen MR) is 227 cm³/mol. The van der Waals surface area contributed by atoms with Gasteiger partial charge in [0, 0.05) is 54.9 Å². The summed E-state index contributed by atoms with van der Waals surface area (Å²) in [7, 11) is 0. The minimum absolute atomic E-state index is 0.346. The smallest absolute Gasteiger partial charge is 0.195 e. The zero-order chi connectivity index (χ0) is 36.6. The highest BCUT2D eigenvalue weighted by Crippen LogP contribution is 2.47. The second-order valence-corrected chi connectivity index (χ2v) is 13.9. The number of rotatable bonds is 4. The number of para-hydroxylation sites is 5. The van der Waals surface area contributed by atoms with E-state index in [-0.39, 0.29) is 0 Å². The summed E-state index contributed by atoms with van der Waals surface area (Å²) >= 11 is 0. The molecule has 0 atom stereocenters. The number of aromatic nitrogens is 3. The largest absolute Gasteiger partial charge is 0.309 e. The molecule has 0 saturated carbocycles. The normalized spacial score (nSPS) is 11.6. The van der Waals surface area contributed by atoms with Crippen molar-refractivity contribution in [2.45, 2.75) is 0 Å². The molecule has 0 saturated heterocycles. The van der Waals surface area contributed by atoms with Crippen molar-refractivity contribution < 1.29 is 0 Å². The van der Waals surface area contributed by atoms with Crippen molar-refractivity contribution in [2.75, 3.05) is 0 Å². The lowest BCUT2D eigenvalue weighted by atomic mass is 9.99. The first-order valence-corrected chi connectivity index (χ1v) is 18.3. The summed E-state index contributed by atoms with van der Waals surface area (Å²) in [5.74, 6) is 0. The summed E-state index contributed by atoms with van der Waals surface area (Å²) in [6.45, 7) is 15.8. The monoisotopic (exact) mass is 699 g/mol. The average Bonchev–Trinajstić information content (AvgIpc) is 3.89. The summed E-state index contributed by atoms with van der Waals surface area (Å²) in [6.07, 6.45) is 0. The van der Waals surface area contributed by atoms with Gasteiger partial charge in [-0.1, -0.05) is 115 Å². The molecule has 5 heteroatoms. The molecule has 0 unspecified atom stereocenters. The van der Waals surface area contributed by atoms with E-state index in [9.17, 15) is 0 Å². The first-order valence-electron chi connectivity index (χ1n) is 18.3. The van der Waals surface area contributed by atoms with Crippen LogP contribution in [-0.2, 0) is 0 Å². The quantitative estimate of drug-likeness (QED) is 0.163. The highest BCUT2D eigenvalue weighted by Gasteiger charge is 2.25. The number of benzene rings is 8. The Hall–Kier alpha value is -7.86. The van der Waals surface area contributed by atoms with Gasteiger partial charge >= 0.3 is 0 Å². The van der Waals surface area contributed by atoms with Crippen LogP contribution in [0, 0.1) is 13.1 Å². The third-order valence-corrected chi connectivity index (χ3v) is 11.0. The second kappa shape index (κ2) is 11.8. The minimum atomic E-state index is 0.346. The van der Waals surface area contributed by atoms with Crippen molar-refractivity contribution in [1.82, 2.24) is 13.7 Å². The third-order valence-electron chi connectivity index (χ3n) is 11.0. The van der Waals surface area contributed by atoms with Gasteiger partial charge in [-0.05, 0) is 66.2 Å². The van der Waals surface area contributed by atoms with E-state index in [4.69, 9.17) is 13.1 Å². The van der Waals surface area contributed by atoms with Gasteiger partial charge in [0.25, 0.3) is 0 Å². The summed E-state index contributed by atoms with van der Waals surface area (Å²) < 4.78 is 7.15. The summed E-state index contributed by atoms with van der Waals surface area (Å²) in [5.41, 5.74) is 12.4. The standard InChI is InChI=1S/C50H29N5/c1-51-42-27-25-32(29-43(42)52-2)40-30-35(54-44-22-12-9-19-36(44)37-20-10-13-23-45(37)54)31-41-38-26-28-47-48(50(38)55(49(40)41)34-17-7-4-8-18-34)39-21-11-14-24-46(39)53(47)33-15-5-3-6-16-33/h3-31H. The van der Waals surface area contributed by atoms with E-state index in [1.165, 1.54) is 21.5 Å². The van der Waals surface area contributed by atoms with Crippen LogP contribution in [0.1, 0.15) is 0 Å². The molecule has 0 amide bonds. The first kappa shape index (κ1) is 30.7. The molecular weight excluding hydrogens is 671 g/mol. The molecule has 0 spiro atoms. The van der Waals surface area contributed by atoms with E-state index >= 15 is 0 Å². The maximum atomic E-state index is 8.02. The maximum Gasteiger partial charge on any atom is 0.195 e. The van der Waals surface area contributed by atoms with Crippen molar-refractivity contribution in [2.24, 2.45) is 0 Å². The van der Waals surface area contributed by atoms with Crippen LogP contribution in [0.4, 0.5) is 11.4 Å². The fraction of sp³-hybridized carbons (Fsp3) is 0. The van der Waals surface area contributed by atoms with Crippen LogP contribution in [-0.4, -0.2) is 13.7 Å². The Morgan fingerprint density at radius 1 is 0.345 bits per heavy atom. The van der Waals surface area contributed by atoms with Gasteiger partial charge in [-0.2, -0.15) is 0 Å². The van der Waals surface area contributed by atoms with Crippen LogP contribution in [0.3, 0.4) is 0 Å². The molecule has 0 fully saturated rings. The number of hydrogen-bond donors (Lipinski definition) is 0. The molecule has 55 heavy (non-hydrogen) atoms. The Balaban J connectivity index is 1.38. The van der Waals surface area contributed by atoms with Gasteiger partial charge in [0.05, 0.1) is 46.2 Å². The van der Waals surface area contributed by atoms with Crippen molar-refractivity contribution in [3.05, 3.63) is 199 Å². The molecule has 8 aromatic carbocycles. The third kappa shape index (κ3) is 4.39. The molecule has 0 aliphatic rings. The highest BCUT2D eigenvalue weighted by molar-refractivity contribution is 6.27. The van der Waals surface area contributed by atoms with E-state index < -0.39 is 0 Å². The van der Waals surface area contributed by atoms with Crippen molar-refractivity contribution >= 4 is 76.8 Å². The van der Waals surface area contributed by atoms with E-state index in [1.54, 1.807) is 6.07 Å². The fourth-order valence-electron chi connectivity index (χ4n) is 8.78. The topological polar surface area (TPSA) is 23.5 Å². The summed E-state index contributed by atoms with van der Waals surface area (Å²) in [6, 6.07) is 61.8. The first-order chi connectivity index (χ1) is 27.2. The Bertz CT molecular complexity index is 3390. The van der Waals surface area contributed by atoms with Crippen molar-refractivity contribution in [1.29, 1.82) is 0 Å². The zero-order valence-electron chi connectivity index (χ0n) is 29.5. The molecule has 11 rings (SSSR count). The molecule has 0 radical (unpaired) electrons. The lowest BCUT2D eigenvalue weighted by molar-refractivity contribution is 1.17. The molecule has 3 aromatic heterocycles. The van der Waals surface area contributed by atoms with E-state index in [0.29, 0.717) is 11.4 Å². The lowest BCUT2D eigenvalue weighted by Gasteiger charge is -2.16. The molecular formula is C50H29N5. The minimum Gasteiger partial charge on any atom is -0.309 e. The van der Waals surface area contributed by atoms with Gasteiger partial charge in [-0.15, -0.1) is 0 Å². The van der Waals surface area contributed by atoms with Crippen LogP contribution in [0.15, 0.2) is 176 Å². The van der Waals surface area contributed by atoms with Crippen molar-refractivity contribution in [3.8, 4) is 28.2 Å². The van der Waals surface area contributed by atoms with E-state index in [2.05, 4.69) is 181 Å². The Morgan fingerprint density at radius 2 is 0.891 bits per heavy atom. The van der Waals surface area contributed by atoms with Crippen LogP contribution in [0.5, 0.6) is 0 Å². The second-order valence-electron chi connectivity index (χ2n) is 13.9. The van der Waals surface area contributed by atoms with Crippen LogP contribution >= 0.6 is 0 Å². The molecule has 3 heterocycles. The van der Waals surface area contributed by atoms with Gasteiger partial charge in [-0.3, -0.25) is 9.69 Å². The fourth-order valence-corrected chi connectivity index (χ4v) is 8.78. The molecule has 0 aliphatic heterocycles. The Kier molecular flexibility index (Phi) is 6.61. The van der Waals surface area contributed by atoms with Crippen molar-refractivity contribution in [3.63, 3.8) is 0 Å². The zero-order valence-corrected chi connectivity index (χ0v) is 29.5. The molecule has 0 bridgehead atoms. The SMILES string of the molecule is [C-]#[N+]c1ccc(-c2cc(-n3c4ccccc4c4ccccc43)cc3c4ccc5c(c6ccccc6n5-c5ccccc5)c4n(-c4ccccc4)c23)cc1[N+]#[C-]. The summed E-state index contributed by atoms with van der Waals surface area (Å²) in [4.78, 5) is 7.49. The van der Waals surface area contributed by atoms with Gasteiger partial charge in [0.15, 0.2) is 11.4 Å².